The van der Waals surface area contributed by atoms with Gasteiger partial charge in [0.2, 0.25) is 0 Å². The molecule has 2 aromatic carbocycles. The van der Waals surface area contributed by atoms with E-state index in [1.54, 1.807) is 0 Å². The van der Waals surface area contributed by atoms with Gasteiger partial charge in [0.1, 0.15) is 0 Å². The van der Waals surface area contributed by atoms with Crippen LogP contribution in [0.15, 0.2) is 57.6 Å². The smallest absolute Gasteiger partial charge is 0.168 e. The van der Waals surface area contributed by atoms with Gasteiger partial charge >= 0.3 is 0 Å². The first kappa shape index (κ1) is 21.6. The molecule has 2 heterocycles. The van der Waals surface area contributed by atoms with Gasteiger partial charge in [-0.15, -0.1) is 0 Å². The lowest BCUT2D eigenvalue weighted by Crippen LogP contribution is -2.34. The van der Waals surface area contributed by atoms with Crippen LogP contribution < -0.4 is 11.1 Å². The fourth-order valence-corrected chi connectivity index (χ4v) is 4.91. The van der Waals surface area contributed by atoms with E-state index in [2.05, 4.69) is 97.0 Å². The minimum atomic E-state index is 0.273. The molecule has 0 saturated heterocycles. The number of rotatable bonds is 4. The molecule has 0 atom stereocenters. The maximum Gasteiger partial charge on any atom is 0.168 e. The van der Waals surface area contributed by atoms with Gasteiger partial charge in [0, 0.05) is 46.4 Å². The molecular weight excluding hydrogens is 524 g/mol. The zero-order chi connectivity index (χ0) is 21.4. The molecule has 4 nitrogen and oxygen atoms in total. The van der Waals surface area contributed by atoms with Crippen LogP contribution >= 0.6 is 44.1 Å². The number of hydrogen-bond acceptors (Lipinski definition) is 2. The van der Waals surface area contributed by atoms with Crippen LogP contribution in [-0.2, 0) is 0 Å². The van der Waals surface area contributed by atoms with Crippen molar-refractivity contribution in [3.8, 4) is 5.69 Å². The molecular formula is C23H24Br2N4S. The molecule has 0 fully saturated rings. The normalized spacial score (nSPS) is 14.9. The van der Waals surface area contributed by atoms with Crippen LogP contribution in [0.4, 0.5) is 5.69 Å². The Hall–Kier alpha value is -1.67. The minimum Gasteiger partial charge on any atom is -0.376 e. The van der Waals surface area contributed by atoms with E-state index >= 15 is 0 Å². The van der Waals surface area contributed by atoms with Gasteiger partial charge in [-0.1, -0.05) is 12.1 Å². The van der Waals surface area contributed by atoms with Gasteiger partial charge in [0.25, 0.3) is 0 Å². The third-order valence-electron chi connectivity index (χ3n) is 5.58. The average Bonchev–Trinajstić information content (AvgIpc) is 3.08. The summed E-state index contributed by atoms with van der Waals surface area (Å²) >= 11 is 12.4. The molecule has 1 aromatic heterocycles. The number of anilines is 1. The summed E-state index contributed by atoms with van der Waals surface area (Å²) in [6, 6.07) is 13.0. The van der Waals surface area contributed by atoms with Gasteiger partial charge in [0.15, 0.2) is 5.11 Å². The second-order valence-corrected chi connectivity index (χ2v) is 9.86. The fraction of sp³-hybridized carbons (Fsp3) is 0.261. The lowest BCUT2D eigenvalue weighted by molar-refractivity contribution is 0.245. The van der Waals surface area contributed by atoms with E-state index in [4.69, 9.17) is 18.0 Å². The van der Waals surface area contributed by atoms with Gasteiger partial charge < -0.3 is 15.6 Å². The van der Waals surface area contributed by atoms with Gasteiger partial charge in [-0.3, -0.25) is 4.90 Å². The fourth-order valence-electron chi connectivity index (χ4n) is 3.98. The summed E-state index contributed by atoms with van der Waals surface area (Å²) in [5.41, 5.74) is 11.5. The lowest BCUT2D eigenvalue weighted by Gasteiger charge is -2.29. The maximum atomic E-state index is 5.71. The van der Waals surface area contributed by atoms with E-state index in [1.165, 1.54) is 16.5 Å². The highest BCUT2D eigenvalue weighted by molar-refractivity contribution is 9.13. The monoisotopic (exact) mass is 546 g/mol. The quantitative estimate of drug-likeness (QED) is 0.376. The molecule has 0 unspecified atom stereocenters. The Morgan fingerprint density at radius 3 is 2.67 bits per heavy atom. The largest absolute Gasteiger partial charge is 0.376 e. The third kappa shape index (κ3) is 4.21. The Kier molecular flexibility index (Phi) is 6.34. The van der Waals surface area contributed by atoms with Gasteiger partial charge in [-0.25, -0.2) is 0 Å². The first-order chi connectivity index (χ1) is 14.3. The highest BCUT2D eigenvalue weighted by Gasteiger charge is 2.20. The molecule has 0 spiro atoms. The van der Waals surface area contributed by atoms with Gasteiger partial charge in [-0.05, 0) is 100 Å². The molecule has 4 rings (SSSR count). The summed E-state index contributed by atoms with van der Waals surface area (Å²) < 4.78 is 4.31. The summed E-state index contributed by atoms with van der Waals surface area (Å²) in [6.07, 6.45) is 5.65. The highest BCUT2D eigenvalue weighted by Crippen LogP contribution is 2.37. The van der Waals surface area contributed by atoms with Crippen molar-refractivity contribution in [2.45, 2.75) is 26.3 Å². The van der Waals surface area contributed by atoms with Crippen LogP contribution in [-0.4, -0.2) is 33.7 Å². The maximum absolute atomic E-state index is 5.71. The summed E-state index contributed by atoms with van der Waals surface area (Å²) in [5.74, 6) is 0. The standard InChI is InChI=1S/C23H24Br2N4S/c1-14(2)28-10-8-15(9-11-28)18-13-29(21-5-3-4-19(24)22(21)25)20-7-6-16(12-17(18)20)27-23(26)30/h3-8,12-14H,9-11H2,1-2H3,(H3,26,27,30). The lowest BCUT2D eigenvalue weighted by atomic mass is 9.98. The second-order valence-electron chi connectivity index (χ2n) is 7.77. The molecule has 3 aromatic rings. The zero-order valence-electron chi connectivity index (χ0n) is 17.0. The van der Waals surface area contributed by atoms with Gasteiger partial charge in [-0.2, -0.15) is 0 Å². The van der Waals surface area contributed by atoms with Crippen molar-refractivity contribution < 1.29 is 0 Å². The number of nitrogens with one attached hydrogen (secondary N) is 1. The third-order valence-corrected chi connectivity index (χ3v) is 7.71. The number of thiocarbonyl (C=S) groups is 1. The topological polar surface area (TPSA) is 46.2 Å². The number of aromatic nitrogens is 1. The van der Waals surface area contributed by atoms with Crippen LogP contribution in [0.25, 0.3) is 22.2 Å². The number of nitrogens with zero attached hydrogens (tertiary/aromatic N) is 2. The van der Waals surface area contributed by atoms with Crippen molar-refractivity contribution in [1.82, 2.24) is 9.47 Å². The molecule has 1 aliphatic heterocycles. The summed E-state index contributed by atoms with van der Waals surface area (Å²) in [4.78, 5) is 2.49. The van der Waals surface area contributed by atoms with Crippen LogP contribution in [0, 0.1) is 0 Å². The van der Waals surface area contributed by atoms with Crippen molar-refractivity contribution >= 4 is 71.4 Å². The molecule has 30 heavy (non-hydrogen) atoms. The molecule has 0 radical (unpaired) electrons. The number of halogens is 2. The van der Waals surface area contributed by atoms with E-state index < -0.39 is 0 Å². The van der Waals surface area contributed by atoms with E-state index in [-0.39, 0.29) is 5.11 Å². The Bertz CT molecular complexity index is 1150. The molecule has 0 amide bonds. The predicted octanol–water partition coefficient (Wildman–Crippen LogP) is 6.31. The Balaban J connectivity index is 1.88. The molecule has 0 aliphatic carbocycles. The number of benzene rings is 2. The van der Waals surface area contributed by atoms with Crippen LogP contribution in [0.2, 0.25) is 0 Å². The minimum absolute atomic E-state index is 0.273. The zero-order valence-corrected chi connectivity index (χ0v) is 20.9. The van der Waals surface area contributed by atoms with Gasteiger partial charge in [0.05, 0.1) is 15.7 Å². The van der Waals surface area contributed by atoms with Crippen molar-refractivity contribution in [2.75, 3.05) is 18.4 Å². The van der Waals surface area contributed by atoms with E-state index in [9.17, 15) is 0 Å². The molecule has 0 saturated carbocycles. The number of hydrogen-bond donors (Lipinski definition) is 2. The van der Waals surface area contributed by atoms with Crippen LogP contribution in [0.1, 0.15) is 25.8 Å². The summed E-state index contributed by atoms with van der Waals surface area (Å²) in [5, 5.41) is 4.53. The number of nitrogens with two attached hydrogens (primary N) is 1. The molecule has 7 heteroatoms. The second kappa shape index (κ2) is 8.83. The van der Waals surface area contributed by atoms with E-state index in [1.807, 2.05) is 12.1 Å². The predicted molar refractivity (Wildman–Crippen MR) is 138 cm³/mol. The molecule has 3 N–H and O–H groups in total. The summed E-state index contributed by atoms with van der Waals surface area (Å²) in [7, 11) is 0. The number of fused-ring (bicyclic) bond motifs is 1. The first-order valence-electron chi connectivity index (χ1n) is 9.94. The summed E-state index contributed by atoms with van der Waals surface area (Å²) in [6.45, 7) is 6.55. The first-order valence-corrected chi connectivity index (χ1v) is 11.9. The molecule has 0 bridgehead atoms. The average molecular weight is 548 g/mol. The molecule has 156 valence electrons. The Morgan fingerprint density at radius 1 is 1.20 bits per heavy atom. The van der Waals surface area contributed by atoms with Crippen LogP contribution in [0.5, 0.6) is 0 Å². The van der Waals surface area contributed by atoms with Crippen molar-refractivity contribution in [3.05, 3.63) is 63.2 Å². The van der Waals surface area contributed by atoms with Crippen molar-refractivity contribution in [1.29, 1.82) is 0 Å². The Labute approximate surface area is 199 Å². The Morgan fingerprint density at radius 2 is 2.00 bits per heavy atom. The van der Waals surface area contributed by atoms with Crippen LogP contribution in [0.3, 0.4) is 0 Å². The van der Waals surface area contributed by atoms with E-state index in [0.29, 0.717) is 6.04 Å². The highest BCUT2D eigenvalue weighted by atomic mass is 79.9. The van der Waals surface area contributed by atoms with E-state index in [0.717, 1.165) is 45.3 Å². The van der Waals surface area contributed by atoms with Crippen molar-refractivity contribution in [2.24, 2.45) is 5.73 Å². The molecule has 1 aliphatic rings. The SMILES string of the molecule is CC(C)N1CC=C(c2cn(-c3cccc(Br)c3Br)c3ccc(NC(N)=S)cc23)CC1. The van der Waals surface area contributed by atoms with Crippen molar-refractivity contribution in [3.63, 3.8) is 0 Å².